The molecule has 0 aliphatic carbocycles. The molecule has 1 N–H and O–H groups in total. The number of benzene rings is 1. The first-order valence-electron chi connectivity index (χ1n) is 5.32. The standard InChI is InChI=1S/C13H8BrF2N3/c14-8-3-10(7-18-6-8)19-13(5-17)11-4-9(15)1-2-12(11)16/h1-4,6-7,13,19H. The van der Waals surface area contributed by atoms with E-state index >= 15 is 0 Å². The van der Waals surface area contributed by atoms with Gasteiger partial charge in [-0.15, -0.1) is 0 Å². The van der Waals surface area contributed by atoms with Gasteiger partial charge in [-0.05, 0) is 40.2 Å². The van der Waals surface area contributed by atoms with E-state index in [9.17, 15) is 8.78 Å². The van der Waals surface area contributed by atoms with Crippen LogP contribution in [0, 0.1) is 23.0 Å². The van der Waals surface area contributed by atoms with Crippen molar-refractivity contribution in [3.63, 3.8) is 0 Å². The summed E-state index contributed by atoms with van der Waals surface area (Å²) in [7, 11) is 0. The highest BCUT2D eigenvalue weighted by Gasteiger charge is 2.16. The number of nitrogens with one attached hydrogen (secondary N) is 1. The quantitative estimate of drug-likeness (QED) is 0.934. The summed E-state index contributed by atoms with van der Waals surface area (Å²) in [6.45, 7) is 0. The van der Waals surface area contributed by atoms with Crippen molar-refractivity contribution in [2.45, 2.75) is 6.04 Å². The molecule has 1 heterocycles. The van der Waals surface area contributed by atoms with Crippen molar-refractivity contribution in [2.24, 2.45) is 0 Å². The average molecular weight is 324 g/mol. The van der Waals surface area contributed by atoms with E-state index in [0.29, 0.717) is 10.2 Å². The molecule has 0 fully saturated rings. The Morgan fingerprint density at radius 2 is 2.05 bits per heavy atom. The molecular weight excluding hydrogens is 316 g/mol. The monoisotopic (exact) mass is 323 g/mol. The van der Waals surface area contributed by atoms with Crippen LogP contribution in [0.25, 0.3) is 0 Å². The maximum Gasteiger partial charge on any atom is 0.143 e. The minimum atomic E-state index is -0.994. The zero-order valence-corrected chi connectivity index (χ0v) is 11.2. The maximum atomic E-state index is 13.6. The van der Waals surface area contributed by atoms with Gasteiger partial charge >= 0.3 is 0 Å². The summed E-state index contributed by atoms with van der Waals surface area (Å²) < 4.78 is 27.4. The molecule has 0 saturated carbocycles. The molecular formula is C13H8BrF2N3. The van der Waals surface area contributed by atoms with Crippen molar-refractivity contribution in [1.82, 2.24) is 4.98 Å². The van der Waals surface area contributed by atoms with Gasteiger partial charge in [-0.25, -0.2) is 8.78 Å². The van der Waals surface area contributed by atoms with Crippen molar-refractivity contribution in [1.29, 1.82) is 5.26 Å². The number of hydrogen-bond acceptors (Lipinski definition) is 3. The predicted molar refractivity (Wildman–Crippen MR) is 70.3 cm³/mol. The van der Waals surface area contributed by atoms with Crippen LogP contribution in [0.15, 0.2) is 41.1 Å². The molecule has 1 aromatic carbocycles. The predicted octanol–water partition coefficient (Wildman–Crippen LogP) is 3.80. The van der Waals surface area contributed by atoms with Crippen LogP contribution in [0.1, 0.15) is 11.6 Å². The lowest BCUT2D eigenvalue weighted by atomic mass is 10.1. The van der Waals surface area contributed by atoms with Crippen molar-refractivity contribution in [3.05, 3.63) is 58.3 Å². The Morgan fingerprint density at radius 1 is 1.26 bits per heavy atom. The molecule has 0 saturated heterocycles. The van der Waals surface area contributed by atoms with Gasteiger partial charge in [-0.2, -0.15) is 5.26 Å². The van der Waals surface area contributed by atoms with E-state index in [1.54, 1.807) is 12.3 Å². The molecule has 0 amide bonds. The maximum absolute atomic E-state index is 13.6. The fourth-order valence-electron chi connectivity index (χ4n) is 1.57. The molecule has 1 aromatic heterocycles. The zero-order chi connectivity index (χ0) is 13.8. The number of pyridine rings is 1. The molecule has 2 aromatic rings. The zero-order valence-electron chi connectivity index (χ0n) is 9.57. The van der Waals surface area contributed by atoms with Gasteiger partial charge in [-0.3, -0.25) is 4.98 Å². The SMILES string of the molecule is N#CC(Nc1cncc(Br)c1)c1cc(F)ccc1F. The molecule has 0 radical (unpaired) electrons. The van der Waals surface area contributed by atoms with Crippen molar-refractivity contribution < 1.29 is 8.78 Å². The van der Waals surface area contributed by atoms with Crippen LogP contribution in [0.4, 0.5) is 14.5 Å². The van der Waals surface area contributed by atoms with Crippen LogP contribution < -0.4 is 5.32 Å². The Bertz CT molecular complexity index is 640. The Morgan fingerprint density at radius 3 is 2.74 bits per heavy atom. The summed E-state index contributed by atoms with van der Waals surface area (Å²) >= 11 is 3.24. The van der Waals surface area contributed by atoms with Gasteiger partial charge in [0.1, 0.15) is 17.7 Å². The van der Waals surface area contributed by atoms with Crippen molar-refractivity contribution in [2.75, 3.05) is 5.32 Å². The second-order valence-electron chi connectivity index (χ2n) is 3.76. The number of nitriles is 1. The third-order valence-corrected chi connectivity index (χ3v) is 2.85. The first kappa shape index (κ1) is 13.4. The van der Waals surface area contributed by atoms with Crippen LogP contribution in [0.5, 0.6) is 0 Å². The van der Waals surface area contributed by atoms with Crippen LogP contribution in [0.3, 0.4) is 0 Å². The molecule has 0 spiro atoms. The number of anilines is 1. The second kappa shape index (κ2) is 5.76. The number of halogens is 3. The summed E-state index contributed by atoms with van der Waals surface area (Å²) in [5, 5.41) is 11.9. The highest BCUT2D eigenvalue weighted by molar-refractivity contribution is 9.10. The number of hydrogen-bond donors (Lipinski definition) is 1. The minimum Gasteiger partial charge on any atom is -0.365 e. The highest BCUT2D eigenvalue weighted by Crippen LogP contribution is 2.23. The molecule has 0 aliphatic heterocycles. The van der Waals surface area contributed by atoms with Crippen LogP contribution in [0.2, 0.25) is 0 Å². The topological polar surface area (TPSA) is 48.7 Å². The van der Waals surface area contributed by atoms with Gasteiger partial charge in [0, 0.05) is 16.2 Å². The molecule has 1 atom stereocenters. The summed E-state index contributed by atoms with van der Waals surface area (Å²) in [5.41, 5.74) is 0.493. The van der Waals surface area contributed by atoms with Crippen LogP contribution in [-0.2, 0) is 0 Å². The van der Waals surface area contributed by atoms with Crippen LogP contribution in [-0.4, -0.2) is 4.98 Å². The Labute approximate surface area is 117 Å². The van der Waals surface area contributed by atoms with E-state index in [4.69, 9.17) is 5.26 Å². The fourth-order valence-corrected chi connectivity index (χ4v) is 1.94. The lowest BCUT2D eigenvalue weighted by molar-refractivity contribution is 0.583. The lowest BCUT2D eigenvalue weighted by Crippen LogP contribution is -2.11. The first-order valence-corrected chi connectivity index (χ1v) is 6.11. The van der Waals surface area contributed by atoms with Crippen LogP contribution >= 0.6 is 15.9 Å². The molecule has 0 bridgehead atoms. The van der Waals surface area contributed by atoms with Crippen molar-refractivity contribution in [3.8, 4) is 6.07 Å². The van der Waals surface area contributed by atoms with E-state index in [1.807, 2.05) is 6.07 Å². The third kappa shape index (κ3) is 3.26. The Kier molecular flexibility index (Phi) is 4.07. The number of nitrogens with zero attached hydrogens (tertiary/aromatic N) is 2. The third-order valence-electron chi connectivity index (χ3n) is 2.41. The van der Waals surface area contributed by atoms with Gasteiger partial charge in [-0.1, -0.05) is 0 Å². The van der Waals surface area contributed by atoms with Gasteiger partial charge in [0.15, 0.2) is 0 Å². The lowest BCUT2D eigenvalue weighted by Gasteiger charge is -2.14. The summed E-state index contributed by atoms with van der Waals surface area (Å²) in [5.74, 6) is -1.23. The normalized spacial score (nSPS) is 11.7. The molecule has 19 heavy (non-hydrogen) atoms. The summed E-state index contributed by atoms with van der Waals surface area (Å²) in [4.78, 5) is 3.92. The second-order valence-corrected chi connectivity index (χ2v) is 4.68. The van der Waals surface area contributed by atoms with Gasteiger partial charge in [0.25, 0.3) is 0 Å². The van der Waals surface area contributed by atoms with Gasteiger partial charge in [0.05, 0.1) is 18.0 Å². The van der Waals surface area contributed by atoms with E-state index < -0.39 is 17.7 Å². The molecule has 1 unspecified atom stereocenters. The summed E-state index contributed by atoms with van der Waals surface area (Å²) in [6.07, 6.45) is 3.07. The highest BCUT2D eigenvalue weighted by atomic mass is 79.9. The molecule has 96 valence electrons. The first-order chi connectivity index (χ1) is 9.10. The smallest absolute Gasteiger partial charge is 0.143 e. The van der Waals surface area contributed by atoms with E-state index in [0.717, 1.165) is 18.2 Å². The van der Waals surface area contributed by atoms with Gasteiger partial charge < -0.3 is 5.32 Å². The largest absolute Gasteiger partial charge is 0.365 e. The summed E-state index contributed by atoms with van der Waals surface area (Å²) in [6, 6.07) is 5.59. The average Bonchev–Trinajstić information content (AvgIpc) is 2.39. The minimum absolute atomic E-state index is 0.0394. The number of rotatable bonds is 3. The molecule has 2 rings (SSSR count). The number of aromatic nitrogens is 1. The Hall–Kier alpha value is -2.00. The van der Waals surface area contributed by atoms with E-state index in [1.165, 1.54) is 6.20 Å². The fraction of sp³-hybridized carbons (Fsp3) is 0.0769. The molecule has 3 nitrogen and oxygen atoms in total. The van der Waals surface area contributed by atoms with E-state index in [-0.39, 0.29) is 5.56 Å². The molecule has 0 aliphatic rings. The Balaban J connectivity index is 2.31. The molecule has 6 heteroatoms. The van der Waals surface area contributed by atoms with E-state index in [2.05, 4.69) is 26.2 Å². The van der Waals surface area contributed by atoms with Gasteiger partial charge in [0.2, 0.25) is 0 Å². The van der Waals surface area contributed by atoms with Crippen molar-refractivity contribution >= 4 is 21.6 Å².